The van der Waals surface area contributed by atoms with Crippen LogP contribution in [-0.4, -0.2) is 10.8 Å². The topological polar surface area (TPSA) is 42.0 Å². The highest BCUT2D eigenvalue weighted by Gasteiger charge is 2.50. The molecule has 1 aromatic carbocycles. The molecule has 1 atom stereocenters. The van der Waals surface area contributed by atoms with E-state index < -0.39 is 5.41 Å². The Balaban J connectivity index is 2.01. The maximum atomic E-state index is 13.5. The molecule has 1 aromatic heterocycles. The van der Waals surface area contributed by atoms with Gasteiger partial charge in [-0.15, -0.1) is 11.3 Å². The summed E-state index contributed by atoms with van der Waals surface area (Å²) < 4.78 is 13.5. The Hall–Kier alpha value is -2.01. The van der Waals surface area contributed by atoms with Crippen molar-refractivity contribution >= 4 is 22.9 Å². The van der Waals surface area contributed by atoms with E-state index in [1.807, 2.05) is 17.6 Å². The van der Waals surface area contributed by atoms with Crippen molar-refractivity contribution in [3.8, 4) is 0 Å². The highest BCUT2D eigenvalue weighted by atomic mass is 32.1. The minimum absolute atomic E-state index is 0.0707. The zero-order valence-corrected chi connectivity index (χ0v) is 15.5. The predicted octanol–water partition coefficient (Wildman–Crippen LogP) is 5.05. The standard InChI is InChI=1S/C20H21FN2OS/c1-4-20(12-5-7-13(21)8-6-12)16-14(9-19(2,3)10-15(16)24)23-18-17(20)25-11-22-18/h5-8,11,23H,4,9-10H2,1-3H3. The molecule has 4 rings (SSSR count). The van der Waals surface area contributed by atoms with E-state index >= 15 is 0 Å². The number of Topliss-reactive ketones (excluding diaryl/α,β-unsaturated/α-hetero) is 1. The van der Waals surface area contributed by atoms with Gasteiger partial charge in [-0.25, -0.2) is 9.37 Å². The molecule has 2 aliphatic rings. The van der Waals surface area contributed by atoms with Crippen LogP contribution in [0.1, 0.15) is 50.5 Å². The fourth-order valence-corrected chi connectivity index (χ4v) is 5.41. The van der Waals surface area contributed by atoms with E-state index in [1.54, 1.807) is 11.3 Å². The number of nitrogens with one attached hydrogen (secondary N) is 1. The molecule has 130 valence electrons. The van der Waals surface area contributed by atoms with Crippen LogP contribution in [0.25, 0.3) is 0 Å². The van der Waals surface area contributed by atoms with Gasteiger partial charge in [-0.3, -0.25) is 4.79 Å². The predicted molar refractivity (Wildman–Crippen MR) is 98.3 cm³/mol. The quantitative estimate of drug-likeness (QED) is 0.819. The molecule has 0 saturated carbocycles. The third-order valence-corrected chi connectivity index (χ3v) is 6.38. The molecule has 0 amide bonds. The van der Waals surface area contributed by atoms with Gasteiger partial charge in [0.15, 0.2) is 5.78 Å². The van der Waals surface area contributed by atoms with Crippen molar-refractivity contribution in [3.63, 3.8) is 0 Å². The highest BCUT2D eigenvalue weighted by molar-refractivity contribution is 7.10. The number of carbonyl (C=O) groups excluding carboxylic acids is 1. The fourth-order valence-electron chi connectivity index (χ4n) is 4.37. The first-order chi connectivity index (χ1) is 11.9. The van der Waals surface area contributed by atoms with Crippen molar-refractivity contribution in [3.05, 3.63) is 57.3 Å². The summed E-state index contributed by atoms with van der Waals surface area (Å²) in [4.78, 5) is 18.7. The second kappa shape index (κ2) is 5.49. The molecule has 3 nitrogen and oxygen atoms in total. The first kappa shape index (κ1) is 16.5. The van der Waals surface area contributed by atoms with Gasteiger partial charge in [0.05, 0.1) is 15.8 Å². The molecule has 0 spiro atoms. The molecular formula is C20H21FN2OS. The molecule has 2 aromatic rings. The Labute approximate surface area is 151 Å². The summed E-state index contributed by atoms with van der Waals surface area (Å²) in [5.41, 5.74) is 3.99. The molecular weight excluding hydrogens is 335 g/mol. The largest absolute Gasteiger partial charge is 0.342 e. The number of carbonyl (C=O) groups is 1. The van der Waals surface area contributed by atoms with Crippen molar-refractivity contribution in [2.75, 3.05) is 5.32 Å². The number of hydrogen-bond donors (Lipinski definition) is 1. The lowest BCUT2D eigenvalue weighted by Crippen LogP contribution is -2.42. The van der Waals surface area contributed by atoms with Gasteiger partial charge in [0, 0.05) is 17.7 Å². The van der Waals surface area contributed by atoms with Crippen molar-refractivity contribution in [2.24, 2.45) is 5.41 Å². The Morgan fingerprint density at radius 2 is 1.96 bits per heavy atom. The minimum atomic E-state index is -0.543. The van der Waals surface area contributed by atoms with Crippen LogP contribution in [0.2, 0.25) is 0 Å². The number of thiazole rings is 1. The van der Waals surface area contributed by atoms with Crippen LogP contribution in [0.5, 0.6) is 0 Å². The molecule has 0 fully saturated rings. The lowest BCUT2D eigenvalue weighted by molar-refractivity contribution is -0.118. The molecule has 2 heterocycles. The molecule has 1 N–H and O–H groups in total. The summed E-state index contributed by atoms with van der Waals surface area (Å²) in [6.45, 7) is 6.34. The number of allylic oxidation sites excluding steroid dienone is 2. The Morgan fingerprint density at radius 3 is 2.64 bits per heavy atom. The van der Waals surface area contributed by atoms with Gasteiger partial charge in [0.25, 0.3) is 0 Å². The van der Waals surface area contributed by atoms with E-state index in [-0.39, 0.29) is 17.0 Å². The molecule has 0 radical (unpaired) electrons. The molecule has 25 heavy (non-hydrogen) atoms. The van der Waals surface area contributed by atoms with Gasteiger partial charge < -0.3 is 5.32 Å². The van der Waals surface area contributed by atoms with Crippen LogP contribution in [0, 0.1) is 11.2 Å². The van der Waals surface area contributed by atoms with Gasteiger partial charge in [-0.2, -0.15) is 0 Å². The molecule has 1 aliphatic carbocycles. The zero-order chi connectivity index (χ0) is 17.8. The molecule has 1 unspecified atom stereocenters. The normalized spacial score (nSPS) is 24.6. The Kier molecular flexibility index (Phi) is 3.62. The van der Waals surface area contributed by atoms with Crippen LogP contribution in [0.15, 0.2) is 41.0 Å². The summed E-state index contributed by atoms with van der Waals surface area (Å²) in [5.74, 6) is 0.753. The number of aromatic nitrogens is 1. The molecule has 0 saturated heterocycles. The monoisotopic (exact) mass is 356 g/mol. The third-order valence-electron chi connectivity index (χ3n) is 5.39. The van der Waals surface area contributed by atoms with E-state index in [0.717, 1.165) is 40.4 Å². The van der Waals surface area contributed by atoms with Crippen LogP contribution < -0.4 is 5.32 Å². The number of anilines is 1. The van der Waals surface area contributed by atoms with E-state index in [2.05, 4.69) is 31.1 Å². The van der Waals surface area contributed by atoms with E-state index in [9.17, 15) is 9.18 Å². The number of rotatable bonds is 2. The zero-order valence-electron chi connectivity index (χ0n) is 14.6. The van der Waals surface area contributed by atoms with E-state index in [0.29, 0.717) is 6.42 Å². The van der Waals surface area contributed by atoms with Crippen molar-refractivity contribution in [1.29, 1.82) is 0 Å². The Morgan fingerprint density at radius 1 is 1.24 bits per heavy atom. The lowest BCUT2D eigenvalue weighted by atomic mass is 9.62. The van der Waals surface area contributed by atoms with Gasteiger partial charge >= 0.3 is 0 Å². The number of hydrogen-bond acceptors (Lipinski definition) is 4. The third kappa shape index (κ3) is 2.36. The van der Waals surface area contributed by atoms with E-state index in [1.165, 1.54) is 12.1 Å². The van der Waals surface area contributed by atoms with Crippen LogP contribution in [-0.2, 0) is 10.2 Å². The van der Waals surface area contributed by atoms with Crippen LogP contribution in [0.4, 0.5) is 10.2 Å². The number of nitrogens with zero attached hydrogens (tertiary/aromatic N) is 1. The number of fused-ring (bicyclic) bond motifs is 1. The van der Waals surface area contributed by atoms with Crippen molar-refractivity contribution in [1.82, 2.24) is 4.98 Å². The highest BCUT2D eigenvalue weighted by Crippen LogP contribution is 2.55. The lowest BCUT2D eigenvalue weighted by Gasteiger charge is -2.44. The first-order valence-electron chi connectivity index (χ1n) is 8.61. The maximum absolute atomic E-state index is 13.5. The summed E-state index contributed by atoms with van der Waals surface area (Å²) in [5, 5.41) is 3.42. The maximum Gasteiger partial charge on any atom is 0.162 e. The van der Waals surface area contributed by atoms with Gasteiger partial charge in [-0.1, -0.05) is 32.9 Å². The summed E-state index contributed by atoms with van der Waals surface area (Å²) in [6, 6.07) is 6.58. The van der Waals surface area contributed by atoms with Crippen LogP contribution in [0.3, 0.4) is 0 Å². The number of ketones is 1. The SMILES string of the molecule is CCC1(c2ccc(F)cc2)C2=C(CC(C)(C)CC2=O)Nc2ncsc21. The molecule has 1 aliphatic heterocycles. The Bertz CT molecular complexity index is 881. The van der Waals surface area contributed by atoms with Crippen molar-refractivity contribution in [2.45, 2.75) is 45.4 Å². The average Bonchev–Trinajstić information content (AvgIpc) is 3.01. The number of halogens is 1. The summed E-state index contributed by atoms with van der Waals surface area (Å²) >= 11 is 1.56. The summed E-state index contributed by atoms with van der Waals surface area (Å²) in [7, 11) is 0. The minimum Gasteiger partial charge on any atom is -0.342 e. The second-order valence-electron chi connectivity index (χ2n) is 7.72. The molecule has 0 bridgehead atoms. The fraction of sp³-hybridized carbons (Fsp3) is 0.400. The van der Waals surface area contributed by atoms with Crippen LogP contribution >= 0.6 is 11.3 Å². The summed E-state index contributed by atoms with van der Waals surface area (Å²) in [6.07, 6.45) is 2.08. The number of benzene rings is 1. The first-order valence-corrected chi connectivity index (χ1v) is 9.49. The smallest absolute Gasteiger partial charge is 0.162 e. The van der Waals surface area contributed by atoms with Gasteiger partial charge in [-0.05, 0) is 36.0 Å². The van der Waals surface area contributed by atoms with Crippen molar-refractivity contribution < 1.29 is 9.18 Å². The van der Waals surface area contributed by atoms with Gasteiger partial charge in [0.2, 0.25) is 0 Å². The second-order valence-corrected chi connectivity index (χ2v) is 8.57. The van der Waals surface area contributed by atoms with E-state index in [4.69, 9.17) is 0 Å². The average molecular weight is 356 g/mol. The molecule has 5 heteroatoms. The van der Waals surface area contributed by atoms with Gasteiger partial charge in [0.1, 0.15) is 11.6 Å².